The summed E-state index contributed by atoms with van der Waals surface area (Å²) in [6.07, 6.45) is -0.825. The fraction of sp³-hybridized carbons (Fsp3) is 0.741. The van der Waals surface area contributed by atoms with Gasteiger partial charge >= 0.3 is 12.1 Å². The zero-order valence-corrected chi connectivity index (χ0v) is 21.3. The number of hydrogen-bond acceptors (Lipinski definition) is 6. The van der Waals surface area contributed by atoms with Crippen molar-refractivity contribution in [2.24, 2.45) is 17.3 Å². The minimum absolute atomic E-state index is 0.0790. The molecule has 2 aliphatic carbocycles. The number of carbonyl (C=O) groups is 1. The number of anilines is 1. The summed E-state index contributed by atoms with van der Waals surface area (Å²) in [6, 6.07) is 5.44. The number of benzene rings is 1. The summed E-state index contributed by atoms with van der Waals surface area (Å²) in [6.45, 7) is 7.09. The highest BCUT2D eigenvalue weighted by atomic mass is 19.4. The Hall–Kier alpha value is -1.84. The molecule has 2 unspecified atom stereocenters. The molecule has 5 rings (SSSR count). The lowest BCUT2D eigenvalue weighted by atomic mass is 9.49. The zero-order valence-electron chi connectivity index (χ0n) is 21.3. The molecule has 0 bridgehead atoms. The molecular weight excluding hydrogens is 473 g/mol. The number of alkyl halides is 3. The number of rotatable bonds is 4. The molecule has 4 fully saturated rings. The standard InChI is InChI=1S/C27H37F3N2O4/c1-24-8-5-9-25(2,35-3)26(24,34)15-20-21(23(33)36-22(20)16-24)17-31-10-12-32(13-11-31)19-7-4-6-18(14-19)27(28,29)30/h4,6-7,14,20-22,34H,5,8-13,15-17H2,1-3H3/t20-,21?,22-,24-,25-,26?/m1/s1. The highest BCUT2D eigenvalue weighted by Gasteiger charge is 2.67. The number of aliphatic hydroxyl groups is 1. The molecule has 0 amide bonds. The molecule has 36 heavy (non-hydrogen) atoms. The molecule has 6 nitrogen and oxygen atoms in total. The van der Waals surface area contributed by atoms with E-state index in [2.05, 4.69) is 11.8 Å². The van der Waals surface area contributed by atoms with Crippen molar-refractivity contribution >= 4 is 11.7 Å². The average molecular weight is 511 g/mol. The van der Waals surface area contributed by atoms with E-state index >= 15 is 0 Å². The summed E-state index contributed by atoms with van der Waals surface area (Å²) in [5, 5.41) is 12.1. The van der Waals surface area contributed by atoms with Gasteiger partial charge in [0.2, 0.25) is 0 Å². The Labute approximate surface area is 210 Å². The van der Waals surface area contributed by atoms with Gasteiger partial charge in [0.15, 0.2) is 0 Å². The highest BCUT2D eigenvalue weighted by molar-refractivity contribution is 5.75. The van der Waals surface area contributed by atoms with Crippen LogP contribution in [-0.4, -0.2) is 73.1 Å². The van der Waals surface area contributed by atoms with Gasteiger partial charge in [0, 0.05) is 56.9 Å². The SMILES string of the molecule is CO[C@]1(C)CCC[C@]2(C)C[C@H]3OC(=O)C(CN4CCN(c5cccc(C(F)(F)F)c5)CC4)[C@H]3CC21O. The Morgan fingerprint density at radius 1 is 1.14 bits per heavy atom. The van der Waals surface area contributed by atoms with Crippen LogP contribution in [0.15, 0.2) is 24.3 Å². The summed E-state index contributed by atoms with van der Waals surface area (Å²) in [7, 11) is 1.66. The minimum atomic E-state index is -4.37. The molecule has 6 atom stereocenters. The fourth-order valence-corrected chi connectivity index (χ4v) is 7.44. The van der Waals surface area contributed by atoms with E-state index in [1.165, 1.54) is 12.1 Å². The molecule has 200 valence electrons. The molecule has 1 N–H and O–H groups in total. The van der Waals surface area contributed by atoms with Gasteiger partial charge in [-0.25, -0.2) is 0 Å². The average Bonchev–Trinajstić information content (AvgIpc) is 3.11. The maximum atomic E-state index is 13.1. The van der Waals surface area contributed by atoms with Crippen LogP contribution < -0.4 is 4.90 Å². The van der Waals surface area contributed by atoms with Crippen molar-refractivity contribution in [2.75, 3.05) is 44.7 Å². The summed E-state index contributed by atoms with van der Waals surface area (Å²) >= 11 is 0. The van der Waals surface area contributed by atoms with Crippen LogP contribution in [0.4, 0.5) is 18.9 Å². The quantitative estimate of drug-likeness (QED) is 0.616. The van der Waals surface area contributed by atoms with E-state index in [4.69, 9.17) is 9.47 Å². The number of hydrogen-bond donors (Lipinski definition) is 1. The fourth-order valence-electron chi connectivity index (χ4n) is 7.44. The zero-order chi connectivity index (χ0) is 25.9. The number of nitrogens with zero attached hydrogens (tertiary/aromatic N) is 2. The third-order valence-corrected chi connectivity index (χ3v) is 9.82. The van der Waals surface area contributed by atoms with Crippen molar-refractivity contribution in [1.82, 2.24) is 4.90 Å². The second-order valence-corrected chi connectivity index (χ2v) is 11.7. The van der Waals surface area contributed by atoms with E-state index in [0.29, 0.717) is 51.3 Å². The second kappa shape index (κ2) is 8.88. The van der Waals surface area contributed by atoms with Crippen molar-refractivity contribution in [2.45, 2.75) is 69.4 Å². The summed E-state index contributed by atoms with van der Waals surface area (Å²) in [4.78, 5) is 17.2. The lowest BCUT2D eigenvalue weighted by Crippen LogP contribution is -2.69. The number of esters is 1. The summed E-state index contributed by atoms with van der Waals surface area (Å²) in [5.41, 5.74) is -2.16. The molecule has 0 spiro atoms. The largest absolute Gasteiger partial charge is 0.462 e. The first-order chi connectivity index (χ1) is 16.9. The van der Waals surface area contributed by atoms with Crippen LogP contribution in [-0.2, 0) is 20.4 Å². The van der Waals surface area contributed by atoms with Crippen LogP contribution in [0.25, 0.3) is 0 Å². The third kappa shape index (κ3) is 4.11. The first-order valence-electron chi connectivity index (χ1n) is 13.0. The van der Waals surface area contributed by atoms with Crippen LogP contribution in [0.3, 0.4) is 0 Å². The first-order valence-corrected chi connectivity index (χ1v) is 13.0. The Bertz CT molecular complexity index is 997. The number of piperazine rings is 1. The van der Waals surface area contributed by atoms with E-state index in [1.54, 1.807) is 13.2 Å². The molecule has 1 aromatic rings. The van der Waals surface area contributed by atoms with E-state index in [1.807, 2.05) is 11.8 Å². The lowest BCUT2D eigenvalue weighted by molar-refractivity contribution is -0.270. The first kappa shape index (κ1) is 25.8. The van der Waals surface area contributed by atoms with Crippen LogP contribution >= 0.6 is 0 Å². The molecule has 9 heteroatoms. The van der Waals surface area contributed by atoms with Gasteiger partial charge in [0.05, 0.1) is 22.7 Å². The third-order valence-electron chi connectivity index (χ3n) is 9.82. The number of methoxy groups -OCH3 is 1. The highest BCUT2D eigenvalue weighted by Crippen LogP contribution is 2.61. The van der Waals surface area contributed by atoms with E-state index < -0.39 is 22.9 Å². The van der Waals surface area contributed by atoms with E-state index in [9.17, 15) is 23.1 Å². The van der Waals surface area contributed by atoms with Crippen molar-refractivity contribution < 1.29 is 32.5 Å². The Morgan fingerprint density at radius 3 is 2.53 bits per heavy atom. The lowest BCUT2D eigenvalue weighted by Gasteiger charge is -2.62. The molecule has 0 aromatic heterocycles. The predicted molar refractivity (Wildman–Crippen MR) is 129 cm³/mol. The van der Waals surface area contributed by atoms with Crippen molar-refractivity contribution in [3.05, 3.63) is 29.8 Å². The Morgan fingerprint density at radius 2 is 1.86 bits per heavy atom. The maximum Gasteiger partial charge on any atom is 0.416 e. The predicted octanol–water partition coefficient (Wildman–Crippen LogP) is 4.11. The van der Waals surface area contributed by atoms with Crippen LogP contribution in [0.1, 0.15) is 51.5 Å². The molecular formula is C27H37F3N2O4. The van der Waals surface area contributed by atoms with Gasteiger partial charge in [-0.3, -0.25) is 9.69 Å². The minimum Gasteiger partial charge on any atom is -0.462 e. The van der Waals surface area contributed by atoms with Gasteiger partial charge in [-0.2, -0.15) is 13.2 Å². The Kier molecular flexibility index (Phi) is 6.36. The van der Waals surface area contributed by atoms with Crippen molar-refractivity contribution in [3.8, 4) is 0 Å². The molecule has 2 saturated heterocycles. The van der Waals surface area contributed by atoms with Crippen LogP contribution in [0.2, 0.25) is 0 Å². The van der Waals surface area contributed by atoms with Gasteiger partial charge < -0.3 is 19.5 Å². The monoisotopic (exact) mass is 510 g/mol. The molecule has 0 radical (unpaired) electrons. The normalized spacial score (nSPS) is 39.5. The topological polar surface area (TPSA) is 62.2 Å². The smallest absolute Gasteiger partial charge is 0.416 e. The van der Waals surface area contributed by atoms with Gasteiger partial charge in [0.25, 0.3) is 0 Å². The van der Waals surface area contributed by atoms with Gasteiger partial charge in [-0.15, -0.1) is 0 Å². The van der Waals surface area contributed by atoms with Gasteiger partial charge in [0.1, 0.15) is 6.10 Å². The summed E-state index contributed by atoms with van der Waals surface area (Å²) in [5.74, 6) is -0.605. The van der Waals surface area contributed by atoms with Crippen molar-refractivity contribution in [3.63, 3.8) is 0 Å². The number of halogens is 3. The van der Waals surface area contributed by atoms with Crippen molar-refractivity contribution in [1.29, 1.82) is 0 Å². The number of fused-ring (bicyclic) bond motifs is 2. The molecule has 2 aliphatic heterocycles. The Balaban J connectivity index is 1.26. The molecule has 2 heterocycles. The number of ether oxygens (including phenoxy) is 2. The molecule has 1 aromatic carbocycles. The second-order valence-electron chi connectivity index (χ2n) is 11.7. The van der Waals surface area contributed by atoms with E-state index in [-0.39, 0.29) is 29.3 Å². The maximum absolute atomic E-state index is 13.1. The summed E-state index contributed by atoms with van der Waals surface area (Å²) < 4.78 is 51.2. The van der Waals surface area contributed by atoms with E-state index in [0.717, 1.165) is 25.3 Å². The van der Waals surface area contributed by atoms with Gasteiger partial charge in [-0.1, -0.05) is 13.0 Å². The van der Waals surface area contributed by atoms with Crippen LogP contribution in [0.5, 0.6) is 0 Å². The van der Waals surface area contributed by atoms with Gasteiger partial charge in [-0.05, 0) is 57.2 Å². The molecule has 4 aliphatic rings. The number of carbonyl (C=O) groups excluding carboxylic acids is 1. The van der Waals surface area contributed by atoms with Crippen LogP contribution in [0, 0.1) is 17.3 Å². The molecule has 2 saturated carbocycles.